The number of allylic oxidation sites excluding steroid dienone is 2. The van der Waals surface area contributed by atoms with Crippen LogP contribution in [-0.2, 0) is 4.79 Å². The lowest BCUT2D eigenvalue weighted by Gasteiger charge is -2.44. The van der Waals surface area contributed by atoms with Gasteiger partial charge in [0.2, 0.25) is 0 Å². The summed E-state index contributed by atoms with van der Waals surface area (Å²) in [4.78, 5) is 27.2. The largest absolute Gasteiger partial charge is 0.360 e. The number of amides is 1. The first-order valence-corrected chi connectivity index (χ1v) is 11.2. The highest BCUT2D eigenvalue weighted by atomic mass is 32.1. The number of hydrogen-bond donors (Lipinski definition) is 0. The molecule has 0 radical (unpaired) electrons. The minimum Gasteiger partial charge on any atom is -0.360 e. The molecule has 3 fully saturated rings. The van der Waals surface area contributed by atoms with Gasteiger partial charge in [0.15, 0.2) is 5.11 Å². The van der Waals surface area contributed by atoms with E-state index in [0.29, 0.717) is 22.5 Å². The lowest BCUT2D eigenvalue weighted by molar-refractivity contribution is -0.128. The molecule has 6 nitrogen and oxygen atoms in total. The minimum absolute atomic E-state index is 0.00440. The summed E-state index contributed by atoms with van der Waals surface area (Å²) in [6, 6.07) is 1.83. The van der Waals surface area contributed by atoms with Crippen molar-refractivity contribution in [2.75, 3.05) is 11.4 Å². The van der Waals surface area contributed by atoms with Crippen LogP contribution in [0.2, 0.25) is 0 Å². The third-order valence-corrected chi connectivity index (χ3v) is 7.40. The molecule has 0 bridgehead atoms. The molecule has 2 aliphatic heterocycles. The van der Waals surface area contributed by atoms with Gasteiger partial charge < -0.3 is 14.6 Å². The highest BCUT2D eigenvalue weighted by Gasteiger charge is 2.60. The van der Waals surface area contributed by atoms with Gasteiger partial charge in [0.05, 0.1) is 11.4 Å². The number of hydrogen-bond acceptors (Lipinski definition) is 4. The molecule has 1 aromatic rings. The summed E-state index contributed by atoms with van der Waals surface area (Å²) in [5.74, 6) is 1.06. The average Bonchev–Trinajstić information content (AvgIpc) is 2.93. The Morgan fingerprint density at radius 2 is 2.10 bits per heavy atom. The molecule has 0 unspecified atom stereocenters. The van der Waals surface area contributed by atoms with Crippen LogP contribution in [0.4, 0.5) is 11.5 Å². The number of pyridine rings is 1. The summed E-state index contributed by atoms with van der Waals surface area (Å²) in [7, 11) is 0. The zero-order valence-corrected chi connectivity index (χ0v) is 18.5. The van der Waals surface area contributed by atoms with E-state index in [2.05, 4.69) is 27.5 Å². The SMILES string of the molecule is [C-]#[N+]c1ncc(N2C(=O)C3(CCC3)N(C3=CN(CC4CCC4)C(=C)C=C3)C2=S)cc1C. The number of carbonyl (C=O) groups excluding carboxylic acids is 1. The number of anilines is 1. The lowest BCUT2D eigenvalue weighted by atomic mass is 9.75. The summed E-state index contributed by atoms with van der Waals surface area (Å²) in [6.07, 6.45) is 14.1. The second kappa shape index (κ2) is 7.31. The number of rotatable bonds is 4. The predicted molar refractivity (Wildman–Crippen MR) is 124 cm³/mol. The molecule has 0 aromatic carbocycles. The van der Waals surface area contributed by atoms with Crippen molar-refractivity contribution in [2.45, 2.75) is 51.0 Å². The normalized spacial score (nSPS) is 22.5. The quantitative estimate of drug-likeness (QED) is 0.505. The minimum atomic E-state index is -0.625. The van der Waals surface area contributed by atoms with Crippen molar-refractivity contribution in [3.05, 3.63) is 65.6 Å². The molecule has 5 rings (SSSR count). The number of aromatic nitrogens is 1. The third-order valence-electron chi connectivity index (χ3n) is 7.03. The zero-order chi connectivity index (χ0) is 21.8. The van der Waals surface area contributed by atoms with E-state index in [0.717, 1.165) is 42.8 Å². The van der Waals surface area contributed by atoms with Crippen LogP contribution in [0.1, 0.15) is 44.1 Å². The van der Waals surface area contributed by atoms with Crippen molar-refractivity contribution in [3.8, 4) is 0 Å². The van der Waals surface area contributed by atoms with E-state index in [-0.39, 0.29) is 5.91 Å². The molecule has 31 heavy (non-hydrogen) atoms. The molecule has 0 N–H and O–H groups in total. The Balaban J connectivity index is 1.50. The van der Waals surface area contributed by atoms with Gasteiger partial charge in [0.1, 0.15) is 11.7 Å². The van der Waals surface area contributed by atoms with Crippen molar-refractivity contribution >= 4 is 34.7 Å². The van der Waals surface area contributed by atoms with Crippen LogP contribution in [0.5, 0.6) is 0 Å². The molecule has 4 aliphatic rings. The summed E-state index contributed by atoms with van der Waals surface area (Å²) >= 11 is 5.87. The highest BCUT2D eigenvalue weighted by molar-refractivity contribution is 7.80. The summed E-state index contributed by atoms with van der Waals surface area (Å²) in [5, 5.41) is 0.480. The smallest absolute Gasteiger partial charge is 0.272 e. The van der Waals surface area contributed by atoms with Crippen LogP contribution in [0.3, 0.4) is 0 Å². The monoisotopic (exact) mass is 431 g/mol. The Bertz CT molecular complexity index is 1090. The Labute approximate surface area is 188 Å². The van der Waals surface area contributed by atoms with Crippen molar-refractivity contribution < 1.29 is 4.79 Å². The van der Waals surface area contributed by atoms with Gasteiger partial charge in [-0.1, -0.05) is 19.6 Å². The van der Waals surface area contributed by atoms with Crippen molar-refractivity contribution in [2.24, 2.45) is 5.92 Å². The van der Waals surface area contributed by atoms with E-state index >= 15 is 0 Å². The van der Waals surface area contributed by atoms with Crippen molar-refractivity contribution in [1.29, 1.82) is 0 Å². The molecule has 1 spiro atoms. The highest BCUT2D eigenvalue weighted by Crippen LogP contribution is 2.48. The first kappa shape index (κ1) is 20.0. The molecule has 1 aromatic heterocycles. The maximum absolute atomic E-state index is 13.6. The first-order chi connectivity index (χ1) is 14.9. The number of nitrogens with zero attached hydrogens (tertiary/aromatic N) is 5. The Kier molecular flexibility index (Phi) is 4.71. The molecular formula is C24H25N5OS. The van der Waals surface area contributed by atoms with Crippen molar-refractivity contribution in [1.82, 2.24) is 14.8 Å². The zero-order valence-electron chi connectivity index (χ0n) is 17.7. The molecule has 7 heteroatoms. The second-order valence-electron chi connectivity index (χ2n) is 8.92. The summed E-state index contributed by atoms with van der Waals surface area (Å²) in [5.41, 5.74) is 2.66. The van der Waals surface area contributed by atoms with Gasteiger partial charge in [-0.25, -0.2) is 0 Å². The molecule has 2 saturated carbocycles. The Morgan fingerprint density at radius 3 is 2.68 bits per heavy atom. The van der Waals surface area contributed by atoms with Gasteiger partial charge in [-0.15, -0.1) is 4.98 Å². The molecular weight excluding hydrogens is 406 g/mol. The first-order valence-electron chi connectivity index (χ1n) is 10.8. The fourth-order valence-electron chi connectivity index (χ4n) is 4.82. The fraction of sp³-hybridized carbons (Fsp3) is 0.417. The lowest BCUT2D eigenvalue weighted by Crippen LogP contribution is -2.54. The van der Waals surface area contributed by atoms with Crippen LogP contribution in [0.25, 0.3) is 4.85 Å². The average molecular weight is 432 g/mol. The number of carbonyl (C=O) groups is 1. The molecule has 1 saturated heterocycles. The van der Waals surface area contributed by atoms with Gasteiger partial charge in [-0.05, 0) is 80.9 Å². The molecule has 1 amide bonds. The molecule has 158 valence electrons. The molecule has 3 heterocycles. The van der Waals surface area contributed by atoms with Gasteiger partial charge >= 0.3 is 0 Å². The van der Waals surface area contributed by atoms with Crippen LogP contribution >= 0.6 is 12.2 Å². The van der Waals surface area contributed by atoms with Crippen LogP contribution in [0.15, 0.2) is 48.6 Å². The number of thiocarbonyl (C=S) groups is 1. The third kappa shape index (κ3) is 3.01. The fourth-order valence-corrected chi connectivity index (χ4v) is 5.29. The number of aryl methyl sites for hydroxylation is 1. The van der Waals surface area contributed by atoms with E-state index in [9.17, 15) is 4.79 Å². The van der Waals surface area contributed by atoms with E-state index in [1.165, 1.54) is 19.3 Å². The van der Waals surface area contributed by atoms with Crippen molar-refractivity contribution in [3.63, 3.8) is 0 Å². The van der Waals surface area contributed by atoms with Crippen LogP contribution < -0.4 is 4.90 Å². The Morgan fingerprint density at radius 1 is 1.32 bits per heavy atom. The Hall–Kier alpha value is -2.98. The van der Waals surface area contributed by atoms with Gasteiger partial charge in [0, 0.05) is 18.4 Å². The predicted octanol–water partition coefficient (Wildman–Crippen LogP) is 4.82. The maximum Gasteiger partial charge on any atom is 0.272 e. The van der Waals surface area contributed by atoms with Gasteiger partial charge in [0.25, 0.3) is 11.7 Å². The topological polar surface area (TPSA) is 44.0 Å². The molecule has 0 atom stereocenters. The summed E-state index contributed by atoms with van der Waals surface area (Å²) < 4.78 is 0. The van der Waals surface area contributed by atoms with E-state index in [4.69, 9.17) is 18.8 Å². The van der Waals surface area contributed by atoms with Crippen LogP contribution in [0, 0.1) is 19.4 Å². The van der Waals surface area contributed by atoms with Crippen LogP contribution in [-0.4, -0.2) is 37.9 Å². The second-order valence-corrected chi connectivity index (χ2v) is 9.28. The summed E-state index contributed by atoms with van der Waals surface area (Å²) in [6.45, 7) is 14.2. The maximum atomic E-state index is 13.6. The van der Waals surface area contributed by atoms with E-state index in [1.54, 1.807) is 11.1 Å². The van der Waals surface area contributed by atoms with Gasteiger partial charge in [-0.3, -0.25) is 9.69 Å². The van der Waals surface area contributed by atoms with Gasteiger partial charge in [-0.2, -0.15) is 0 Å². The molecule has 2 aliphatic carbocycles. The van der Waals surface area contributed by atoms with E-state index < -0.39 is 5.54 Å². The van der Waals surface area contributed by atoms with E-state index in [1.807, 2.05) is 30.0 Å². The standard InChI is InChI=1S/C24H25N5OS/c1-16-12-20(13-26-21(16)25-3)28-22(30)24(10-5-11-24)29(23(28)31)19-9-8-17(2)27(15-19)14-18-6-4-7-18/h8-9,12-13,15,18H,2,4-7,10-11,14H2,1H3.